The van der Waals surface area contributed by atoms with Gasteiger partial charge in [0.2, 0.25) is 5.91 Å². The van der Waals surface area contributed by atoms with E-state index in [9.17, 15) is 47.4 Å². The summed E-state index contributed by atoms with van der Waals surface area (Å²) in [6.45, 7) is 3.33. The Labute approximate surface area is 256 Å². The maximum absolute atomic E-state index is 14.0. The number of halogens is 3. The number of nitrogens with two attached hydrogens (primary N) is 1. The summed E-state index contributed by atoms with van der Waals surface area (Å²) in [7, 11) is 1.42. The molecule has 0 spiro atoms. The lowest BCUT2D eigenvalue weighted by molar-refractivity contribution is -0.182. The molecule has 6 atom stereocenters. The van der Waals surface area contributed by atoms with Crippen LogP contribution in [0.2, 0.25) is 0 Å². The van der Waals surface area contributed by atoms with E-state index in [1.807, 2.05) is 0 Å². The van der Waals surface area contributed by atoms with Crippen molar-refractivity contribution in [3.05, 3.63) is 47.0 Å². The maximum Gasteiger partial charge on any atom is 0.389 e. The summed E-state index contributed by atoms with van der Waals surface area (Å²) in [5, 5.41) is 22.6. The summed E-state index contributed by atoms with van der Waals surface area (Å²) in [5.41, 5.74) is 4.29. The molecule has 5 rings (SSSR count). The van der Waals surface area contributed by atoms with Crippen molar-refractivity contribution in [1.82, 2.24) is 0 Å². The Kier molecular flexibility index (Phi) is 8.18. The number of phenolic OH excluding ortho intramolecular Hbond substituents is 1. The van der Waals surface area contributed by atoms with Crippen LogP contribution in [0.1, 0.15) is 54.6 Å². The third-order valence-electron chi connectivity index (χ3n) is 9.68. The highest BCUT2D eigenvalue weighted by molar-refractivity contribution is 6.32. The largest absolute Gasteiger partial charge is 0.507 e. The van der Waals surface area contributed by atoms with Crippen LogP contribution in [-0.2, 0) is 32.0 Å². The van der Waals surface area contributed by atoms with E-state index in [4.69, 9.17) is 10.5 Å². The molecule has 0 saturated heterocycles. The number of carbonyl (C=O) groups is 5. The number of ketones is 4. The highest BCUT2D eigenvalue weighted by Gasteiger charge is 2.69. The SMILES string of the molecule is COc1ccc(CCCC(F)(F)F)cc1-c1ccc(O)c2c1C[C@@H]1C[C@@H]3C(C(C)C)C(=O)C(C(N)=O)C(=O)[C@]3(O)C(=O)C1C2=O. The van der Waals surface area contributed by atoms with E-state index in [-0.39, 0.29) is 31.2 Å². The Morgan fingerprint density at radius 3 is 2.38 bits per heavy atom. The molecule has 2 saturated carbocycles. The number of ether oxygens (including phenoxy) is 1. The zero-order chi connectivity index (χ0) is 33.2. The number of hydrogen-bond donors (Lipinski definition) is 3. The topological polar surface area (TPSA) is 161 Å². The molecule has 3 aliphatic carbocycles. The molecule has 1 amide bonds. The Bertz CT molecular complexity index is 1620. The normalized spacial score (nSPS) is 28.0. The number of carbonyl (C=O) groups excluding carboxylic acids is 5. The molecule has 9 nitrogen and oxygen atoms in total. The third kappa shape index (κ3) is 5.22. The summed E-state index contributed by atoms with van der Waals surface area (Å²) in [4.78, 5) is 67.0. The second kappa shape index (κ2) is 11.4. The van der Waals surface area contributed by atoms with Crippen molar-refractivity contribution in [1.29, 1.82) is 0 Å². The van der Waals surface area contributed by atoms with E-state index in [0.29, 0.717) is 28.0 Å². The molecular formula is C33H34F3NO8. The second-order valence-corrected chi connectivity index (χ2v) is 12.6. The standard InChI is InChI=1S/C33H34F3NO8/c1-14(2)23-20-13-16-12-19-17(18-11-15(6-9-22(18)45-3)5-4-10-32(34,35)36)7-8-21(38)25(19)28(40)24(16)29(41)33(20,44)30(42)26(27(23)39)31(37)43/h6-9,11,14,16,20,23-24,26,38,44H,4-5,10,12-13H2,1-3H3,(H2,37,43)/t16-,20-,23?,24?,26?,33-/m1/s1. The van der Waals surface area contributed by atoms with Gasteiger partial charge < -0.3 is 20.7 Å². The summed E-state index contributed by atoms with van der Waals surface area (Å²) in [6.07, 6.45) is -5.29. The molecule has 0 heterocycles. The first-order valence-electron chi connectivity index (χ1n) is 14.8. The predicted molar refractivity (Wildman–Crippen MR) is 153 cm³/mol. The fourth-order valence-corrected chi connectivity index (χ4v) is 7.72. The van der Waals surface area contributed by atoms with Gasteiger partial charge in [-0.2, -0.15) is 13.2 Å². The van der Waals surface area contributed by atoms with Crippen LogP contribution in [-0.4, -0.2) is 58.1 Å². The Balaban J connectivity index is 1.60. The molecule has 0 aliphatic heterocycles. The number of aryl methyl sites for hydroxylation is 1. The average molecular weight is 630 g/mol. The zero-order valence-corrected chi connectivity index (χ0v) is 24.9. The van der Waals surface area contributed by atoms with Crippen molar-refractivity contribution in [2.24, 2.45) is 41.2 Å². The Hall–Kier alpha value is -4.06. The Morgan fingerprint density at radius 2 is 1.78 bits per heavy atom. The van der Waals surface area contributed by atoms with Gasteiger partial charge in [0.25, 0.3) is 0 Å². The van der Waals surface area contributed by atoms with Crippen LogP contribution in [0, 0.1) is 35.5 Å². The van der Waals surface area contributed by atoms with Gasteiger partial charge in [0.05, 0.1) is 18.6 Å². The lowest BCUT2D eigenvalue weighted by Gasteiger charge is -2.52. The Morgan fingerprint density at radius 1 is 1.09 bits per heavy atom. The molecule has 3 unspecified atom stereocenters. The minimum Gasteiger partial charge on any atom is -0.507 e. The van der Waals surface area contributed by atoms with Crippen LogP contribution in [0.25, 0.3) is 11.1 Å². The van der Waals surface area contributed by atoms with Crippen LogP contribution in [0.3, 0.4) is 0 Å². The second-order valence-electron chi connectivity index (χ2n) is 12.6. The number of aliphatic hydroxyl groups is 1. The maximum atomic E-state index is 14.0. The van der Waals surface area contributed by atoms with Gasteiger partial charge in [0, 0.05) is 23.8 Å². The number of rotatable bonds is 7. The van der Waals surface area contributed by atoms with Gasteiger partial charge in [0.1, 0.15) is 11.5 Å². The van der Waals surface area contributed by atoms with E-state index in [1.165, 1.54) is 13.2 Å². The number of primary amides is 1. The molecule has 0 radical (unpaired) electrons. The lowest BCUT2D eigenvalue weighted by atomic mass is 9.49. The van der Waals surface area contributed by atoms with Crippen LogP contribution in [0.4, 0.5) is 13.2 Å². The van der Waals surface area contributed by atoms with Gasteiger partial charge in [-0.3, -0.25) is 24.0 Å². The number of aromatic hydroxyl groups is 1. The molecule has 0 bridgehead atoms. The van der Waals surface area contributed by atoms with Crippen molar-refractivity contribution in [2.75, 3.05) is 7.11 Å². The van der Waals surface area contributed by atoms with E-state index >= 15 is 0 Å². The van der Waals surface area contributed by atoms with Gasteiger partial charge >= 0.3 is 6.18 Å². The quantitative estimate of drug-likeness (QED) is 0.390. The highest BCUT2D eigenvalue weighted by Crippen LogP contribution is 2.54. The molecule has 0 aromatic heterocycles. The molecule has 3 aliphatic rings. The molecule has 4 N–H and O–H groups in total. The first-order chi connectivity index (χ1) is 21.0. The fourth-order valence-electron chi connectivity index (χ4n) is 7.72. The molecule has 2 fully saturated rings. The molecule has 2 aromatic carbocycles. The minimum atomic E-state index is -4.30. The van der Waals surface area contributed by atoms with Gasteiger partial charge in [-0.15, -0.1) is 0 Å². The number of methoxy groups -OCH3 is 1. The summed E-state index contributed by atoms with van der Waals surface area (Å²) in [5.74, 6) is -12.5. The number of amides is 1. The number of hydrogen-bond acceptors (Lipinski definition) is 8. The fraction of sp³-hybridized carbons (Fsp3) is 0.485. The zero-order valence-electron chi connectivity index (χ0n) is 24.9. The third-order valence-corrected chi connectivity index (χ3v) is 9.68. The van der Waals surface area contributed by atoms with E-state index in [2.05, 4.69) is 0 Å². The monoisotopic (exact) mass is 629 g/mol. The highest BCUT2D eigenvalue weighted by atomic mass is 19.4. The van der Waals surface area contributed by atoms with Crippen molar-refractivity contribution < 1.29 is 52.1 Å². The van der Waals surface area contributed by atoms with Gasteiger partial charge in [-0.25, -0.2) is 0 Å². The average Bonchev–Trinajstić information content (AvgIpc) is 2.94. The van der Waals surface area contributed by atoms with Gasteiger partial charge in [0.15, 0.2) is 34.7 Å². The van der Waals surface area contributed by atoms with Crippen molar-refractivity contribution in [3.63, 3.8) is 0 Å². The van der Waals surface area contributed by atoms with Gasteiger partial charge in [-0.1, -0.05) is 26.0 Å². The van der Waals surface area contributed by atoms with Crippen LogP contribution in [0.5, 0.6) is 11.5 Å². The first kappa shape index (κ1) is 32.3. The molecule has 2 aromatic rings. The smallest absolute Gasteiger partial charge is 0.389 e. The van der Waals surface area contributed by atoms with E-state index < -0.39 is 88.5 Å². The number of benzene rings is 2. The number of phenols is 1. The predicted octanol–water partition coefficient (Wildman–Crippen LogP) is 3.77. The summed E-state index contributed by atoms with van der Waals surface area (Å²) < 4.78 is 43.8. The van der Waals surface area contributed by atoms with Crippen molar-refractivity contribution in [3.8, 4) is 22.6 Å². The van der Waals surface area contributed by atoms with E-state index in [1.54, 1.807) is 38.1 Å². The van der Waals surface area contributed by atoms with Crippen LogP contribution >= 0.6 is 0 Å². The molecule has 45 heavy (non-hydrogen) atoms. The summed E-state index contributed by atoms with van der Waals surface area (Å²) in [6, 6.07) is 7.74. The number of alkyl halides is 3. The number of Topliss-reactive ketones (excluding diaryl/α,β-unsaturated/α-hetero) is 4. The molecule has 240 valence electrons. The minimum absolute atomic E-state index is 0.0433. The number of fused-ring (bicyclic) bond motifs is 3. The van der Waals surface area contributed by atoms with Gasteiger partial charge in [-0.05, 0) is 72.4 Å². The van der Waals surface area contributed by atoms with E-state index in [0.717, 1.165) is 0 Å². The van der Waals surface area contributed by atoms with Crippen molar-refractivity contribution in [2.45, 2.75) is 57.7 Å². The first-order valence-corrected chi connectivity index (χ1v) is 14.8. The lowest BCUT2D eigenvalue weighted by Crippen LogP contribution is -2.71. The summed E-state index contributed by atoms with van der Waals surface area (Å²) >= 11 is 0. The van der Waals surface area contributed by atoms with Crippen LogP contribution in [0.15, 0.2) is 30.3 Å². The molecular weight excluding hydrogens is 595 g/mol. The van der Waals surface area contributed by atoms with Crippen LogP contribution < -0.4 is 10.5 Å². The van der Waals surface area contributed by atoms with Crippen molar-refractivity contribution >= 4 is 29.0 Å². The molecule has 12 heteroatoms.